The van der Waals surface area contributed by atoms with E-state index in [9.17, 15) is 13.5 Å². The summed E-state index contributed by atoms with van der Waals surface area (Å²) in [7, 11) is -4.34. The molecule has 1 saturated carbocycles. The minimum atomic E-state index is -4.34. The summed E-state index contributed by atoms with van der Waals surface area (Å²) in [5, 5.41) is 9.25. The maximum Gasteiger partial charge on any atom is 0.397 e. The molecule has 0 aromatic carbocycles. The lowest BCUT2D eigenvalue weighted by Gasteiger charge is -2.13. The van der Waals surface area contributed by atoms with Gasteiger partial charge < -0.3 is 5.11 Å². The van der Waals surface area contributed by atoms with Crippen molar-refractivity contribution in [3.63, 3.8) is 0 Å². The van der Waals surface area contributed by atoms with Gasteiger partial charge in [-0.25, -0.2) is 4.18 Å². The summed E-state index contributed by atoms with van der Waals surface area (Å²) >= 11 is 0. The third kappa shape index (κ3) is 13.7. The summed E-state index contributed by atoms with van der Waals surface area (Å²) in [4.78, 5) is 0. The van der Waals surface area contributed by atoms with Crippen molar-refractivity contribution in [3.05, 3.63) is 12.2 Å². The van der Waals surface area contributed by atoms with Crippen molar-refractivity contribution in [2.45, 2.75) is 109 Å². The number of aliphatic hydroxyl groups excluding tert-OH is 1. The van der Waals surface area contributed by atoms with E-state index in [1.54, 1.807) is 0 Å². The zero-order valence-electron chi connectivity index (χ0n) is 16.3. The highest BCUT2D eigenvalue weighted by Gasteiger charge is 2.33. The normalized spacial score (nSPS) is 21.3. The molecule has 0 heterocycles. The molecule has 1 fully saturated rings. The lowest BCUT2D eigenvalue weighted by molar-refractivity contribution is 0.160. The Kier molecular flexibility index (Phi) is 12.4. The lowest BCUT2D eigenvalue weighted by atomic mass is 10.1. The van der Waals surface area contributed by atoms with Crippen molar-refractivity contribution < 1.29 is 22.3 Å². The number of allylic oxidation sites excluding steroid dienone is 2. The van der Waals surface area contributed by atoms with E-state index in [1.165, 1.54) is 38.5 Å². The van der Waals surface area contributed by atoms with Gasteiger partial charge in [0.1, 0.15) is 0 Å². The van der Waals surface area contributed by atoms with Gasteiger partial charge in [-0.05, 0) is 57.3 Å². The van der Waals surface area contributed by atoms with Crippen LogP contribution in [0, 0.1) is 5.92 Å². The van der Waals surface area contributed by atoms with E-state index in [1.807, 2.05) is 6.92 Å². The quantitative estimate of drug-likeness (QED) is 0.202. The van der Waals surface area contributed by atoms with Crippen LogP contribution >= 0.6 is 0 Å². The molecule has 2 N–H and O–H groups in total. The number of hydrogen-bond acceptors (Lipinski definition) is 4. The van der Waals surface area contributed by atoms with Crippen LogP contribution in [0.4, 0.5) is 0 Å². The molecular weight excluding hydrogens is 352 g/mol. The molecule has 0 saturated heterocycles. The van der Waals surface area contributed by atoms with Crippen molar-refractivity contribution in [3.8, 4) is 0 Å². The van der Waals surface area contributed by atoms with Crippen molar-refractivity contribution in [1.82, 2.24) is 0 Å². The average molecular weight is 391 g/mol. The molecule has 0 radical (unpaired) electrons. The van der Waals surface area contributed by atoms with Crippen molar-refractivity contribution in [2.75, 3.05) is 0 Å². The Morgan fingerprint density at radius 3 is 2.15 bits per heavy atom. The minimum absolute atomic E-state index is 0.00732. The van der Waals surface area contributed by atoms with Gasteiger partial charge in [0.2, 0.25) is 0 Å². The van der Waals surface area contributed by atoms with Gasteiger partial charge in [0.25, 0.3) is 0 Å². The first-order valence-electron chi connectivity index (χ1n) is 10.4. The molecule has 5 nitrogen and oxygen atoms in total. The Balaban J connectivity index is 1.88. The zero-order valence-corrected chi connectivity index (χ0v) is 17.1. The van der Waals surface area contributed by atoms with Crippen LogP contribution in [0.5, 0.6) is 0 Å². The second kappa shape index (κ2) is 13.7. The van der Waals surface area contributed by atoms with Gasteiger partial charge in [-0.3, -0.25) is 4.55 Å². The molecule has 1 rings (SSSR count). The van der Waals surface area contributed by atoms with E-state index in [4.69, 9.17) is 8.74 Å². The molecule has 1 aliphatic rings. The summed E-state index contributed by atoms with van der Waals surface area (Å²) in [6.07, 6.45) is 18.9. The fraction of sp³-hybridized carbons (Fsp3) is 0.900. The molecule has 26 heavy (non-hydrogen) atoms. The molecule has 154 valence electrons. The molecule has 0 aromatic rings. The van der Waals surface area contributed by atoms with Gasteiger partial charge in [0.15, 0.2) is 0 Å². The summed E-state index contributed by atoms with van der Waals surface area (Å²) in [5.41, 5.74) is 0. The van der Waals surface area contributed by atoms with Gasteiger partial charge in [-0.1, -0.05) is 57.6 Å². The fourth-order valence-corrected chi connectivity index (χ4v) is 3.88. The Morgan fingerprint density at radius 2 is 1.58 bits per heavy atom. The molecule has 3 atom stereocenters. The Bertz CT molecular complexity index is 475. The minimum Gasteiger partial charge on any atom is -0.393 e. The fourth-order valence-electron chi connectivity index (χ4n) is 3.35. The zero-order chi connectivity index (χ0) is 19.3. The number of rotatable bonds is 17. The first-order chi connectivity index (χ1) is 12.4. The number of hydrogen-bond donors (Lipinski definition) is 2. The van der Waals surface area contributed by atoms with Gasteiger partial charge >= 0.3 is 10.4 Å². The number of unbranched alkanes of at least 4 members (excludes halogenated alkanes) is 7. The highest BCUT2D eigenvalue weighted by molar-refractivity contribution is 7.80. The molecule has 1 aliphatic carbocycles. The van der Waals surface area contributed by atoms with E-state index < -0.39 is 16.5 Å². The summed E-state index contributed by atoms with van der Waals surface area (Å²) < 4.78 is 35.1. The second-order valence-corrected chi connectivity index (χ2v) is 8.65. The van der Waals surface area contributed by atoms with E-state index in [-0.39, 0.29) is 6.10 Å². The number of aliphatic hydroxyl groups is 1. The predicted octanol–water partition coefficient (Wildman–Crippen LogP) is 5.20. The van der Waals surface area contributed by atoms with Crippen LogP contribution in [0.15, 0.2) is 12.2 Å². The van der Waals surface area contributed by atoms with E-state index >= 15 is 0 Å². The predicted molar refractivity (Wildman–Crippen MR) is 105 cm³/mol. The van der Waals surface area contributed by atoms with Crippen LogP contribution in [0.25, 0.3) is 0 Å². The van der Waals surface area contributed by atoms with E-state index in [0.29, 0.717) is 18.8 Å². The van der Waals surface area contributed by atoms with E-state index in [2.05, 4.69) is 12.2 Å². The van der Waals surface area contributed by atoms with Crippen LogP contribution in [0.1, 0.15) is 96.8 Å². The molecule has 0 aliphatic heterocycles. The van der Waals surface area contributed by atoms with Gasteiger partial charge in [0.05, 0.1) is 12.2 Å². The summed E-state index contributed by atoms with van der Waals surface area (Å²) in [6.45, 7) is 1.97. The largest absolute Gasteiger partial charge is 0.397 e. The van der Waals surface area contributed by atoms with Crippen LogP contribution in [0.2, 0.25) is 0 Å². The van der Waals surface area contributed by atoms with Crippen LogP contribution in [0.3, 0.4) is 0 Å². The molecule has 6 heteroatoms. The first kappa shape index (κ1) is 23.6. The van der Waals surface area contributed by atoms with Crippen LogP contribution in [-0.4, -0.2) is 30.3 Å². The van der Waals surface area contributed by atoms with Crippen molar-refractivity contribution in [1.29, 1.82) is 0 Å². The maximum atomic E-state index is 10.8. The summed E-state index contributed by atoms with van der Waals surface area (Å²) in [6, 6.07) is 0. The van der Waals surface area contributed by atoms with Gasteiger partial charge in [0, 0.05) is 0 Å². The molecule has 0 spiro atoms. The SMILES string of the molecule is CCCC(CCCC/C=C\CCCCCCCC1CC1O)OS(=O)(=O)O. The first-order valence-corrected chi connectivity index (χ1v) is 11.8. The van der Waals surface area contributed by atoms with E-state index in [0.717, 1.165) is 38.5 Å². The topological polar surface area (TPSA) is 83.8 Å². The molecule has 3 unspecified atom stereocenters. The van der Waals surface area contributed by atoms with Crippen molar-refractivity contribution >= 4 is 10.4 Å². The second-order valence-electron chi connectivity index (χ2n) is 7.60. The van der Waals surface area contributed by atoms with Crippen LogP contribution < -0.4 is 0 Å². The Labute approximate surface area is 160 Å². The third-order valence-corrected chi connectivity index (χ3v) is 5.53. The highest BCUT2D eigenvalue weighted by Crippen LogP contribution is 2.34. The molecular formula is C20H38O5S. The monoisotopic (exact) mass is 390 g/mol. The highest BCUT2D eigenvalue weighted by atomic mass is 32.3. The summed E-state index contributed by atoms with van der Waals surface area (Å²) in [5.74, 6) is 0.606. The van der Waals surface area contributed by atoms with Gasteiger partial charge in [-0.2, -0.15) is 8.42 Å². The lowest BCUT2D eigenvalue weighted by Crippen LogP contribution is -2.17. The maximum absolute atomic E-state index is 10.8. The smallest absolute Gasteiger partial charge is 0.393 e. The Morgan fingerprint density at radius 1 is 1.00 bits per heavy atom. The van der Waals surface area contributed by atoms with Gasteiger partial charge in [-0.15, -0.1) is 0 Å². The third-order valence-electron chi connectivity index (χ3n) is 5.01. The molecule has 0 aromatic heterocycles. The van der Waals surface area contributed by atoms with Crippen molar-refractivity contribution in [2.24, 2.45) is 5.92 Å². The Hall–Kier alpha value is -0.430. The van der Waals surface area contributed by atoms with Crippen LogP contribution in [-0.2, 0) is 14.6 Å². The average Bonchev–Trinajstić information content (AvgIpc) is 3.26. The standard InChI is InChI=1S/C20H38O5S/c1-2-14-19(25-26(22,23)24)16-13-11-9-7-5-3-4-6-8-10-12-15-18-17-20(18)21/h5,7,18-21H,2-4,6,8-17H2,1H3,(H,22,23,24)/b7-5-. The molecule has 0 bridgehead atoms. The molecule has 0 amide bonds.